The van der Waals surface area contributed by atoms with Crippen LogP contribution in [0.15, 0.2) is 41.0 Å². The number of benzene rings is 1. The van der Waals surface area contributed by atoms with Crippen LogP contribution in [-0.2, 0) is 22.5 Å². The Hall–Kier alpha value is -2.27. The number of rotatable bonds is 6. The van der Waals surface area contributed by atoms with E-state index in [9.17, 15) is 4.79 Å². The molecule has 0 bridgehead atoms. The monoisotopic (exact) mass is 397 g/mol. The highest BCUT2D eigenvalue weighted by Gasteiger charge is 2.27. The molecule has 4 rings (SSSR count). The lowest BCUT2D eigenvalue weighted by atomic mass is 9.82. The van der Waals surface area contributed by atoms with Crippen LogP contribution >= 0.6 is 0 Å². The van der Waals surface area contributed by atoms with Gasteiger partial charge in [0.2, 0.25) is 5.91 Å². The minimum atomic E-state index is 0.118. The second kappa shape index (κ2) is 9.49. The predicted octanol–water partition coefficient (Wildman–Crippen LogP) is 4.90. The first kappa shape index (κ1) is 20.0. The van der Waals surface area contributed by atoms with Crippen molar-refractivity contribution in [3.05, 3.63) is 53.5 Å². The van der Waals surface area contributed by atoms with Gasteiger partial charge in [-0.25, -0.2) is 0 Å². The van der Waals surface area contributed by atoms with Crippen LogP contribution in [0, 0.1) is 5.92 Å². The molecule has 1 aliphatic heterocycles. The first-order chi connectivity index (χ1) is 14.2. The topological polar surface area (TPSA) is 51.9 Å². The van der Waals surface area contributed by atoms with Crippen molar-refractivity contribution in [3.63, 3.8) is 0 Å². The summed E-state index contributed by atoms with van der Waals surface area (Å²) in [5, 5.41) is 0. The van der Waals surface area contributed by atoms with Crippen molar-refractivity contribution >= 4 is 5.91 Å². The van der Waals surface area contributed by atoms with Crippen LogP contribution in [-0.4, -0.2) is 31.1 Å². The minimum absolute atomic E-state index is 0.118. The first-order valence-electron chi connectivity index (χ1n) is 10.8. The summed E-state index contributed by atoms with van der Waals surface area (Å²) in [6.07, 6.45) is 9.21. The van der Waals surface area contributed by atoms with Gasteiger partial charge in [0, 0.05) is 32.1 Å². The number of furan rings is 1. The van der Waals surface area contributed by atoms with Crippen LogP contribution in [0.3, 0.4) is 0 Å². The third kappa shape index (κ3) is 4.84. The lowest BCUT2D eigenvalue weighted by molar-refractivity contribution is -0.132. The number of amides is 1. The lowest BCUT2D eigenvalue weighted by Gasteiger charge is -2.30. The zero-order valence-corrected chi connectivity index (χ0v) is 17.3. The maximum Gasteiger partial charge on any atom is 0.223 e. The molecule has 1 saturated carbocycles. The summed E-state index contributed by atoms with van der Waals surface area (Å²) >= 11 is 0. The number of hydrogen-bond acceptors (Lipinski definition) is 4. The summed E-state index contributed by atoms with van der Waals surface area (Å²) in [7, 11) is 1.81. The highest BCUT2D eigenvalue weighted by Crippen LogP contribution is 2.38. The standard InChI is InChI=1S/C24H31NO4/c1-27-24(18-6-3-2-4-7-18)19-9-11-22-20(16-19)17-25(13-15-29-22)23(26)12-10-21-8-5-14-28-21/h5,8-9,11,14,16,18,24H,2-4,6-7,10,12-13,15,17H2,1H3/t24-/m1/s1. The molecule has 1 aromatic carbocycles. The van der Waals surface area contributed by atoms with Gasteiger partial charge in [-0.05, 0) is 48.6 Å². The van der Waals surface area contributed by atoms with Gasteiger partial charge in [-0.3, -0.25) is 4.79 Å². The van der Waals surface area contributed by atoms with E-state index in [0.717, 1.165) is 17.1 Å². The van der Waals surface area contributed by atoms with E-state index in [0.29, 0.717) is 38.5 Å². The molecule has 2 heterocycles. The molecule has 1 fully saturated rings. The Kier molecular flexibility index (Phi) is 6.55. The normalized spacial score (nSPS) is 18.6. The largest absolute Gasteiger partial charge is 0.491 e. The Bertz CT molecular complexity index is 795. The second-order valence-electron chi connectivity index (χ2n) is 8.16. The van der Waals surface area contributed by atoms with Crippen LogP contribution in [0.5, 0.6) is 5.75 Å². The van der Waals surface area contributed by atoms with Crippen LogP contribution in [0.2, 0.25) is 0 Å². The number of nitrogens with zero attached hydrogens (tertiary/aromatic N) is 1. The molecule has 0 radical (unpaired) electrons. The molecule has 0 N–H and O–H groups in total. The Labute approximate surface area is 173 Å². The molecule has 0 saturated heterocycles. The van der Waals surface area contributed by atoms with E-state index in [-0.39, 0.29) is 12.0 Å². The van der Waals surface area contributed by atoms with Crippen LogP contribution in [0.4, 0.5) is 0 Å². The van der Waals surface area contributed by atoms with Crippen molar-refractivity contribution in [2.24, 2.45) is 5.92 Å². The van der Waals surface area contributed by atoms with Gasteiger partial charge in [0.05, 0.1) is 18.9 Å². The van der Waals surface area contributed by atoms with Crippen molar-refractivity contribution in [2.75, 3.05) is 20.3 Å². The second-order valence-corrected chi connectivity index (χ2v) is 8.16. The van der Waals surface area contributed by atoms with Gasteiger partial charge >= 0.3 is 0 Å². The number of carbonyl (C=O) groups excluding carboxylic acids is 1. The lowest BCUT2D eigenvalue weighted by Crippen LogP contribution is -2.32. The number of aryl methyl sites for hydroxylation is 1. The molecule has 1 amide bonds. The molecule has 5 nitrogen and oxygen atoms in total. The predicted molar refractivity (Wildman–Crippen MR) is 111 cm³/mol. The molecule has 1 aromatic heterocycles. The summed E-state index contributed by atoms with van der Waals surface area (Å²) in [6, 6.07) is 10.1. The molecule has 1 aliphatic carbocycles. The van der Waals surface area contributed by atoms with Gasteiger partial charge in [0.1, 0.15) is 18.1 Å². The molecular weight excluding hydrogens is 366 g/mol. The maximum absolute atomic E-state index is 12.8. The van der Waals surface area contributed by atoms with E-state index >= 15 is 0 Å². The third-order valence-electron chi connectivity index (χ3n) is 6.24. The summed E-state index contributed by atoms with van der Waals surface area (Å²) in [5.41, 5.74) is 2.27. The highest BCUT2D eigenvalue weighted by molar-refractivity contribution is 5.76. The molecule has 0 spiro atoms. The Morgan fingerprint density at radius 3 is 2.86 bits per heavy atom. The Morgan fingerprint density at radius 1 is 1.24 bits per heavy atom. The number of ether oxygens (including phenoxy) is 2. The summed E-state index contributed by atoms with van der Waals surface area (Å²) in [4.78, 5) is 14.7. The number of hydrogen-bond donors (Lipinski definition) is 0. The summed E-state index contributed by atoms with van der Waals surface area (Å²) in [6.45, 7) is 1.72. The van der Waals surface area contributed by atoms with Crippen LogP contribution < -0.4 is 4.74 Å². The summed E-state index contributed by atoms with van der Waals surface area (Å²) < 4.78 is 17.2. The van der Waals surface area contributed by atoms with E-state index in [4.69, 9.17) is 13.9 Å². The van der Waals surface area contributed by atoms with Gasteiger partial charge in [0.25, 0.3) is 0 Å². The Balaban J connectivity index is 1.47. The van der Waals surface area contributed by atoms with Crippen molar-refractivity contribution < 1.29 is 18.7 Å². The molecule has 2 aromatic rings. The third-order valence-corrected chi connectivity index (χ3v) is 6.24. The quantitative estimate of drug-likeness (QED) is 0.696. The van der Waals surface area contributed by atoms with E-state index in [1.54, 1.807) is 6.26 Å². The van der Waals surface area contributed by atoms with E-state index in [1.165, 1.54) is 37.7 Å². The molecular formula is C24H31NO4. The molecule has 0 unspecified atom stereocenters. The molecule has 156 valence electrons. The van der Waals surface area contributed by atoms with Gasteiger partial charge in [-0.2, -0.15) is 0 Å². The average Bonchev–Trinajstić information content (AvgIpc) is 3.18. The first-order valence-corrected chi connectivity index (χ1v) is 10.8. The number of methoxy groups -OCH3 is 1. The highest BCUT2D eigenvalue weighted by atomic mass is 16.5. The Morgan fingerprint density at radius 2 is 2.10 bits per heavy atom. The average molecular weight is 398 g/mol. The smallest absolute Gasteiger partial charge is 0.223 e. The van der Waals surface area contributed by atoms with E-state index in [1.807, 2.05) is 24.1 Å². The molecule has 29 heavy (non-hydrogen) atoms. The fourth-order valence-corrected chi connectivity index (χ4v) is 4.68. The van der Waals surface area contributed by atoms with E-state index < -0.39 is 0 Å². The van der Waals surface area contributed by atoms with Crippen LogP contribution in [0.25, 0.3) is 0 Å². The van der Waals surface area contributed by atoms with Crippen molar-refractivity contribution in [3.8, 4) is 5.75 Å². The fraction of sp³-hybridized carbons (Fsp3) is 0.542. The number of fused-ring (bicyclic) bond motifs is 1. The molecule has 5 heteroatoms. The maximum atomic E-state index is 12.8. The minimum Gasteiger partial charge on any atom is -0.491 e. The fourth-order valence-electron chi connectivity index (χ4n) is 4.68. The van der Waals surface area contributed by atoms with Gasteiger partial charge < -0.3 is 18.8 Å². The molecule has 2 aliphatic rings. The zero-order chi connectivity index (χ0) is 20.1. The van der Waals surface area contributed by atoms with Crippen LogP contribution in [0.1, 0.15) is 61.5 Å². The molecule has 1 atom stereocenters. The van der Waals surface area contributed by atoms with Gasteiger partial charge in [0.15, 0.2) is 0 Å². The SMILES string of the molecule is CO[C@@H](c1ccc2c(c1)CN(C(=O)CCc1ccco1)CCO2)C1CCCCC1. The zero-order valence-electron chi connectivity index (χ0n) is 17.3. The van der Waals surface area contributed by atoms with Crippen molar-refractivity contribution in [2.45, 2.75) is 57.6 Å². The van der Waals surface area contributed by atoms with Crippen molar-refractivity contribution in [1.29, 1.82) is 0 Å². The summed E-state index contributed by atoms with van der Waals surface area (Å²) in [5.74, 6) is 2.44. The number of carbonyl (C=O) groups is 1. The van der Waals surface area contributed by atoms with Crippen molar-refractivity contribution in [1.82, 2.24) is 4.90 Å². The van der Waals surface area contributed by atoms with Gasteiger partial charge in [-0.1, -0.05) is 25.3 Å². The van der Waals surface area contributed by atoms with Gasteiger partial charge in [-0.15, -0.1) is 0 Å². The van der Waals surface area contributed by atoms with E-state index in [2.05, 4.69) is 18.2 Å².